The van der Waals surface area contributed by atoms with Crippen molar-refractivity contribution in [3.05, 3.63) is 0 Å². The van der Waals surface area contributed by atoms with E-state index in [1.165, 1.54) is 6.42 Å². The van der Waals surface area contributed by atoms with E-state index in [2.05, 4.69) is 11.8 Å². The van der Waals surface area contributed by atoms with Crippen molar-refractivity contribution in [1.82, 2.24) is 4.90 Å². The highest BCUT2D eigenvalue weighted by Crippen LogP contribution is 2.06. The summed E-state index contributed by atoms with van der Waals surface area (Å²) < 4.78 is 5.27. The summed E-state index contributed by atoms with van der Waals surface area (Å²) in [6.07, 6.45) is 4.09. The molecule has 0 aliphatic carbocycles. The largest absolute Gasteiger partial charge is 0.393 e. The summed E-state index contributed by atoms with van der Waals surface area (Å²) in [5.74, 6) is 0. The van der Waals surface area contributed by atoms with Crippen LogP contribution in [0.3, 0.4) is 0 Å². The molecule has 0 saturated carbocycles. The van der Waals surface area contributed by atoms with Gasteiger partial charge >= 0.3 is 0 Å². The van der Waals surface area contributed by atoms with Crippen LogP contribution < -0.4 is 0 Å². The first-order valence-corrected chi connectivity index (χ1v) is 5.81. The lowest BCUT2D eigenvalue weighted by atomic mass is 10.1. The van der Waals surface area contributed by atoms with Crippen molar-refractivity contribution in [1.29, 1.82) is 0 Å². The SMILES string of the molecule is CCCCC(O)CCN1CCOCC1. The Labute approximate surface area is 87.1 Å². The molecule has 3 nitrogen and oxygen atoms in total. The van der Waals surface area contributed by atoms with Gasteiger partial charge < -0.3 is 9.84 Å². The molecule has 0 aromatic heterocycles. The van der Waals surface area contributed by atoms with E-state index in [0.29, 0.717) is 0 Å². The van der Waals surface area contributed by atoms with Crippen molar-refractivity contribution >= 4 is 0 Å². The fraction of sp³-hybridized carbons (Fsp3) is 1.00. The van der Waals surface area contributed by atoms with Crippen molar-refractivity contribution in [2.45, 2.75) is 38.7 Å². The minimum atomic E-state index is -0.0993. The van der Waals surface area contributed by atoms with E-state index >= 15 is 0 Å². The molecule has 1 atom stereocenters. The van der Waals surface area contributed by atoms with Crippen molar-refractivity contribution in [2.24, 2.45) is 0 Å². The van der Waals surface area contributed by atoms with Gasteiger partial charge in [-0.2, -0.15) is 0 Å². The number of nitrogens with zero attached hydrogens (tertiary/aromatic N) is 1. The number of unbranched alkanes of at least 4 members (excludes halogenated alkanes) is 1. The first-order chi connectivity index (χ1) is 6.83. The van der Waals surface area contributed by atoms with Gasteiger partial charge in [0.2, 0.25) is 0 Å². The van der Waals surface area contributed by atoms with E-state index < -0.39 is 0 Å². The Balaban J connectivity index is 2.00. The van der Waals surface area contributed by atoms with Gasteiger partial charge in [-0.25, -0.2) is 0 Å². The average molecular weight is 201 g/mol. The molecular formula is C11H23NO2. The van der Waals surface area contributed by atoms with Gasteiger partial charge in [-0.1, -0.05) is 19.8 Å². The van der Waals surface area contributed by atoms with Gasteiger partial charge in [0.15, 0.2) is 0 Å². The van der Waals surface area contributed by atoms with Crippen molar-refractivity contribution in [3.8, 4) is 0 Å². The van der Waals surface area contributed by atoms with Crippen molar-refractivity contribution in [3.63, 3.8) is 0 Å². The van der Waals surface area contributed by atoms with Crippen LogP contribution in [0, 0.1) is 0 Å². The lowest BCUT2D eigenvalue weighted by Gasteiger charge is -2.27. The Morgan fingerprint density at radius 2 is 2.00 bits per heavy atom. The maximum absolute atomic E-state index is 9.65. The van der Waals surface area contributed by atoms with E-state index in [1.807, 2.05) is 0 Å². The van der Waals surface area contributed by atoms with Crippen LogP contribution in [0.1, 0.15) is 32.6 Å². The summed E-state index contributed by atoms with van der Waals surface area (Å²) >= 11 is 0. The highest BCUT2D eigenvalue weighted by atomic mass is 16.5. The molecule has 1 saturated heterocycles. The average Bonchev–Trinajstić information content (AvgIpc) is 2.25. The van der Waals surface area contributed by atoms with Crippen molar-refractivity contribution < 1.29 is 9.84 Å². The number of rotatable bonds is 6. The van der Waals surface area contributed by atoms with Gasteiger partial charge in [0.1, 0.15) is 0 Å². The molecule has 14 heavy (non-hydrogen) atoms. The molecule has 1 rings (SSSR count). The third-order valence-electron chi connectivity index (χ3n) is 2.77. The van der Waals surface area contributed by atoms with Gasteiger partial charge in [0.05, 0.1) is 19.3 Å². The standard InChI is InChI=1S/C11H23NO2/c1-2-3-4-11(13)5-6-12-7-9-14-10-8-12/h11,13H,2-10H2,1H3. The predicted molar refractivity (Wildman–Crippen MR) is 57.4 cm³/mol. The summed E-state index contributed by atoms with van der Waals surface area (Å²) in [5, 5.41) is 9.65. The number of aliphatic hydroxyl groups excluding tert-OH is 1. The van der Waals surface area contributed by atoms with Crippen LogP contribution in [0.25, 0.3) is 0 Å². The van der Waals surface area contributed by atoms with Crippen LogP contribution in [0.4, 0.5) is 0 Å². The van der Waals surface area contributed by atoms with E-state index in [-0.39, 0.29) is 6.10 Å². The van der Waals surface area contributed by atoms with Gasteiger partial charge in [-0.3, -0.25) is 4.90 Å². The Morgan fingerprint density at radius 1 is 1.29 bits per heavy atom. The normalized spacial score (nSPS) is 21.0. The zero-order chi connectivity index (χ0) is 10.2. The first-order valence-electron chi connectivity index (χ1n) is 5.81. The third-order valence-corrected chi connectivity index (χ3v) is 2.77. The lowest BCUT2D eigenvalue weighted by molar-refractivity contribution is 0.0294. The van der Waals surface area contributed by atoms with Crippen molar-refractivity contribution in [2.75, 3.05) is 32.8 Å². The lowest BCUT2D eigenvalue weighted by Crippen LogP contribution is -2.37. The minimum absolute atomic E-state index is 0.0993. The molecular weight excluding hydrogens is 178 g/mol. The number of hydrogen-bond acceptors (Lipinski definition) is 3. The Hall–Kier alpha value is -0.120. The summed E-state index contributed by atoms with van der Waals surface area (Å²) in [4.78, 5) is 2.37. The number of ether oxygens (including phenoxy) is 1. The monoisotopic (exact) mass is 201 g/mol. The Morgan fingerprint density at radius 3 is 2.64 bits per heavy atom. The fourth-order valence-electron chi connectivity index (χ4n) is 1.74. The molecule has 0 bridgehead atoms. The molecule has 1 N–H and O–H groups in total. The maximum atomic E-state index is 9.65. The van der Waals surface area contributed by atoms with Crippen LogP contribution >= 0.6 is 0 Å². The molecule has 0 radical (unpaired) electrons. The zero-order valence-electron chi connectivity index (χ0n) is 9.24. The van der Waals surface area contributed by atoms with Gasteiger partial charge in [-0.05, 0) is 12.8 Å². The highest BCUT2D eigenvalue weighted by molar-refractivity contribution is 4.65. The third kappa shape index (κ3) is 4.94. The zero-order valence-corrected chi connectivity index (χ0v) is 9.24. The van der Waals surface area contributed by atoms with E-state index in [0.717, 1.165) is 52.1 Å². The van der Waals surface area contributed by atoms with Crippen LogP contribution in [0.15, 0.2) is 0 Å². The quantitative estimate of drug-likeness (QED) is 0.702. The van der Waals surface area contributed by atoms with Crippen LogP contribution in [-0.2, 0) is 4.74 Å². The Bertz CT molecular complexity index is 135. The Kier molecular flexibility index (Phi) is 6.15. The van der Waals surface area contributed by atoms with Gasteiger partial charge in [-0.15, -0.1) is 0 Å². The highest BCUT2D eigenvalue weighted by Gasteiger charge is 2.11. The number of aliphatic hydroxyl groups is 1. The molecule has 84 valence electrons. The first kappa shape index (κ1) is 12.0. The van der Waals surface area contributed by atoms with Crippen LogP contribution in [0.5, 0.6) is 0 Å². The maximum Gasteiger partial charge on any atom is 0.0594 e. The molecule has 1 unspecified atom stereocenters. The number of hydrogen-bond donors (Lipinski definition) is 1. The second-order valence-corrected chi connectivity index (χ2v) is 4.04. The minimum Gasteiger partial charge on any atom is -0.393 e. The topological polar surface area (TPSA) is 32.7 Å². The van der Waals surface area contributed by atoms with Crippen LogP contribution in [-0.4, -0.2) is 49.0 Å². The summed E-state index contributed by atoms with van der Waals surface area (Å²) in [7, 11) is 0. The van der Waals surface area contributed by atoms with Gasteiger partial charge in [0, 0.05) is 19.6 Å². The summed E-state index contributed by atoms with van der Waals surface area (Å²) in [6, 6.07) is 0. The van der Waals surface area contributed by atoms with E-state index in [4.69, 9.17) is 4.74 Å². The van der Waals surface area contributed by atoms with Crippen LogP contribution in [0.2, 0.25) is 0 Å². The molecule has 1 fully saturated rings. The molecule has 1 aliphatic heterocycles. The molecule has 1 aliphatic rings. The van der Waals surface area contributed by atoms with E-state index in [1.54, 1.807) is 0 Å². The second kappa shape index (κ2) is 7.21. The smallest absolute Gasteiger partial charge is 0.0594 e. The molecule has 0 aromatic carbocycles. The molecule has 0 spiro atoms. The molecule has 3 heteroatoms. The predicted octanol–water partition coefficient (Wildman–Crippen LogP) is 1.26. The summed E-state index contributed by atoms with van der Waals surface area (Å²) in [5.41, 5.74) is 0. The molecule has 1 heterocycles. The molecule has 0 aromatic rings. The fourth-order valence-corrected chi connectivity index (χ4v) is 1.74. The molecule has 0 amide bonds. The van der Waals surface area contributed by atoms with Gasteiger partial charge in [0.25, 0.3) is 0 Å². The van der Waals surface area contributed by atoms with E-state index in [9.17, 15) is 5.11 Å². The summed E-state index contributed by atoms with van der Waals surface area (Å²) in [6.45, 7) is 6.94. The second-order valence-electron chi connectivity index (χ2n) is 4.04. The number of morpholine rings is 1.